The van der Waals surface area contributed by atoms with E-state index in [0.29, 0.717) is 40.2 Å². The van der Waals surface area contributed by atoms with Crippen LogP contribution in [0.1, 0.15) is 34.5 Å². The van der Waals surface area contributed by atoms with Crippen molar-refractivity contribution in [3.05, 3.63) is 56.6 Å². The highest BCUT2D eigenvalue weighted by Gasteiger charge is 2.51. The number of piperidine rings is 1. The van der Waals surface area contributed by atoms with Crippen molar-refractivity contribution < 1.29 is 18.3 Å². The molecule has 0 radical (unpaired) electrons. The van der Waals surface area contributed by atoms with Crippen molar-refractivity contribution in [2.75, 3.05) is 26.8 Å². The largest absolute Gasteiger partial charge is 0.493 e. The van der Waals surface area contributed by atoms with Crippen LogP contribution in [0.3, 0.4) is 0 Å². The first-order valence-corrected chi connectivity index (χ1v) is 11.6. The molecule has 5 heterocycles. The van der Waals surface area contributed by atoms with Crippen LogP contribution < -0.4 is 4.74 Å². The molecule has 10 heteroatoms. The summed E-state index contributed by atoms with van der Waals surface area (Å²) in [7, 11) is 1.61. The minimum absolute atomic E-state index is 0.0358. The Morgan fingerprint density at radius 1 is 1.31 bits per heavy atom. The van der Waals surface area contributed by atoms with Crippen molar-refractivity contribution >= 4 is 22.9 Å². The van der Waals surface area contributed by atoms with Crippen molar-refractivity contribution in [2.45, 2.75) is 37.8 Å². The van der Waals surface area contributed by atoms with Gasteiger partial charge in [0.05, 0.1) is 17.1 Å². The number of likely N-dealkylation sites (tertiary alicyclic amines) is 1. The molecule has 3 aromatic heterocycles. The van der Waals surface area contributed by atoms with Gasteiger partial charge >= 0.3 is 0 Å². The van der Waals surface area contributed by atoms with Gasteiger partial charge in [-0.15, -0.1) is 11.3 Å². The zero-order valence-corrected chi connectivity index (χ0v) is 19.3. The molecule has 3 aromatic rings. The molecule has 2 aliphatic heterocycles. The molecule has 1 spiro atoms. The number of pyridine rings is 1. The summed E-state index contributed by atoms with van der Waals surface area (Å²) in [5, 5.41) is 4.61. The van der Waals surface area contributed by atoms with E-state index in [-0.39, 0.29) is 5.56 Å². The van der Waals surface area contributed by atoms with Gasteiger partial charge in [0.15, 0.2) is 11.6 Å². The van der Waals surface area contributed by atoms with E-state index in [4.69, 9.17) is 21.1 Å². The van der Waals surface area contributed by atoms with Gasteiger partial charge in [-0.2, -0.15) is 13.9 Å². The first kappa shape index (κ1) is 21.8. The lowest BCUT2D eigenvalue weighted by atomic mass is 9.84. The molecule has 0 amide bonds. The van der Waals surface area contributed by atoms with E-state index >= 15 is 0 Å². The third kappa shape index (κ3) is 3.71. The van der Waals surface area contributed by atoms with Crippen LogP contribution in [0.2, 0.25) is 4.34 Å². The van der Waals surface area contributed by atoms with Gasteiger partial charge in [0.2, 0.25) is 0 Å². The van der Waals surface area contributed by atoms with E-state index < -0.39 is 18.1 Å². The van der Waals surface area contributed by atoms with Crippen LogP contribution in [0.5, 0.6) is 5.75 Å². The van der Waals surface area contributed by atoms with Gasteiger partial charge in [0, 0.05) is 48.0 Å². The molecule has 5 rings (SSSR count). The molecule has 0 aliphatic carbocycles. The molecule has 1 saturated heterocycles. The number of aromatic nitrogens is 3. The van der Waals surface area contributed by atoms with E-state index in [1.807, 2.05) is 25.3 Å². The monoisotopic (exact) mass is 480 g/mol. The third-order valence-corrected chi connectivity index (χ3v) is 7.74. The minimum Gasteiger partial charge on any atom is -0.493 e. The van der Waals surface area contributed by atoms with Crippen LogP contribution >= 0.6 is 22.9 Å². The van der Waals surface area contributed by atoms with Crippen LogP contribution in [-0.4, -0.2) is 46.5 Å². The molecule has 0 unspecified atom stereocenters. The van der Waals surface area contributed by atoms with Crippen molar-refractivity contribution in [3.63, 3.8) is 0 Å². The second-order valence-corrected chi connectivity index (χ2v) is 9.95. The molecule has 32 heavy (non-hydrogen) atoms. The van der Waals surface area contributed by atoms with Gasteiger partial charge in [-0.1, -0.05) is 11.6 Å². The Hall–Kier alpha value is -2.07. The number of alkyl halides is 2. The standard InChI is InChI=1S/C22H23ClF2N4O2S/c1-14-15(12-29(27-14)20-17(30-2)4-3-7-26-20)11-28-8-5-21(6-9-28)19-16(10-18(23)32-19)22(24,25)13-31-21/h3-4,7,10,12H,5-6,8-9,11,13H2,1-2H3. The molecule has 0 bridgehead atoms. The highest BCUT2D eigenvalue weighted by atomic mass is 35.5. The van der Waals surface area contributed by atoms with Gasteiger partial charge in [0.1, 0.15) is 12.2 Å². The smallest absolute Gasteiger partial charge is 0.297 e. The zero-order valence-electron chi connectivity index (χ0n) is 17.8. The van der Waals surface area contributed by atoms with Crippen molar-refractivity contribution in [2.24, 2.45) is 0 Å². The van der Waals surface area contributed by atoms with Crippen LogP contribution in [0, 0.1) is 6.92 Å². The van der Waals surface area contributed by atoms with Gasteiger partial charge in [-0.3, -0.25) is 4.90 Å². The summed E-state index contributed by atoms with van der Waals surface area (Å²) < 4.78 is 42.0. The van der Waals surface area contributed by atoms with Crippen molar-refractivity contribution in [1.82, 2.24) is 19.7 Å². The van der Waals surface area contributed by atoms with E-state index in [2.05, 4.69) is 15.0 Å². The third-order valence-electron chi connectivity index (χ3n) is 6.29. The fourth-order valence-corrected chi connectivity index (χ4v) is 5.98. The number of fused-ring (bicyclic) bond motifs is 2. The average molecular weight is 481 g/mol. The Morgan fingerprint density at radius 3 is 2.84 bits per heavy atom. The summed E-state index contributed by atoms with van der Waals surface area (Å²) in [5.41, 5.74) is 1.36. The Kier molecular flexibility index (Phi) is 5.48. The number of thiophene rings is 1. The zero-order chi connectivity index (χ0) is 22.5. The summed E-state index contributed by atoms with van der Waals surface area (Å²) in [6.45, 7) is 3.56. The summed E-state index contributed by atoms with van der Waals surface area (Å²) in [5.74, 6) is -1.70. The lowest BCUT2D eigenvalue weighted by Gasteiger charge is -2.45. The number of hydrogen-bond donors (Lipinski definition) is 0. The Morgan fingerprint density at radius 2 is 2.09 bits per heavy atom. The van der Waals surface area contributed by atoms with Gasteiger partial charge in [-0.05, 0) is 38.0 Å². The summed E-state index contributed by atoms with van der Waals surface area (Å²) in [6, 6.07) is 5.07. The predicted octanol–water partition coefficient (Wildman–Crippen LogP) is 4.91. The van der Waals surface area contributed by atoms with E-state index in [1.165, 1.54) is 17.4 Å². The topological polar surface area (TPSA) is 52.4 Å². The van der Waals surface area contributed by atoms with Crippen molar-refractivity contribution in [1.29, 1.82) is 0 Å². The second-order valence-electron chi connectivity index (χ2n) is 8.27. The molecule has 0 N–H and O–H groups in total. The van der Waals surface area contributed by atoms with Gasteiger partial charge in [-0.25, -0.2) is 9.67 Å². The number of hydrogen-bond acceptors (Lipinski definition) is 6. The number of halogens is 3. The lowest BCUT2D eigenvalue weighted by Crippen LogP contribution is -2.48. The van der Waals surface area contributed by atoms with Crippen LogP contribution in [0.4, 0.5) is 8.78 Å². The SMILES string of the molecule is COc1cccnc1-n1cc(CN2CCC3(CC2)OCC(F)(F)c2cc(Cl)sc23)c(C)n1. The highest BCUT2D eigenvalue weighted by Crippen LogP contribution is 2.52. The molecule has 170 valence electrons. The summed E-state index contributed by atoms with van der Waals surface area (Å²) in [6.07, 6.45) is 4.97. The first-order valence-electron chi connectivity index (χ1n) is 10.4. The number of aryl methyl sites for hydroxylation is 1. The molecule has 0 saturated carbocycles. The molecule has 6 nitrogen and oxygen atoms in total. The number of rotatable bonds is 4. The molecule has 0 atom stereocenters. The Labute approximate surface area is 193 Å². The quantitative estimate of drug-likeness (QED) is 0.531. The molecule has 0 aromatic carbocycles. The number of ether oxygens (including phenoxy) is 2. The Balaban J connectivity index is 1.32. The van der Waals surface area contributed by atoms with Crippen LogP contribution in [0.15, 0.2) is 30.6 Å². The highest BCUT2D eigenvalue weighted by molar-refractivity contribution is 7.16. The maximum atomic E-state index is 14.3. The summed E-state index contributed by atoms with van der Waals surface area (Å²) >= 11 is 7.32. The number of methoxy groups -OCH3 is 1. The Bertz CT molecular complexity index is 1140. The number of nitrogens with zero attached hydrogens (tertiary/aromatic N) is 4. The molecule has 2 aliphatic rings. The van der Waals surface area contributed by atoms with Crippen LogP contribution in [-0.2, 0) is 22.8 Å². The van der Waals surface area contributed by atoms with E-state index in [1.54, 1.807) is 18.0 Å². The first-order chi connectivity index (χ1) is 15.3. The maximum absolute atomic E-state index is 14.3. The molecular weight excluding hydrogens is 458 g/mol. The second kappa shape index (κ2) is 8.06. The predicted molar refractivity (Wildman–Crippen MR) is 118 cm³/mol. The van der Waals surface area contributed by atoms with Gasteiger partial charge < -0.3 is 9.47 Å². The lowest BCUT2D eigenvalue weighted by molar-refractivity contribution is -0.182. The van der Waals surface area contributed by atoms with Gasteiger partial charge in [0.25, 0.3) is 5.92 Å². The maximum Gasteiger partial charge on any atom is 0.297 e. The minimum atomic E-state index is -2.99. The summed E-state index contributed by atoms with van der Waals surface area (Å²) in [4.78, 5) is 7.28. The van der Waals surface area contributed by atoms with Crippen LogP contribution in [0.25, 0.3) is 5.82 Å². The normalized spacial score (nSPS) is 19.8. The van der Waals surface area contributed by atoms with Crippen molar-refractivity contribution in [3.8, 4) is 11.6 Å². The van der Waals surface area contributed by atoms with E-state index in [0.717, 1.165) is 24.3 Å². The molecule has 1 fully saturated rings. The fourth-order valence-electron chi connectivity index (χ4n) is 4.50. The van der Waals surface area contributed by atoms with E-state index in [9.17, 15) is 8.78 Å². The fraction of sp³-hybridized carbons (Fsp3) is 0.455. The average Bonchev–Trinajstić information content (AvgIpc) is 3.37. The molecular formula is C22H23ClF2N4O2S.